The van der Waals surface area contributed by atoms with Gasteiger partial charge in [-0.2, -0.15) is 0 Å². The van der Waals surface area contributed by atoms with Gasteiger partial charge in [-0.3, -0.25) is 0 Å². The van der Waals surface area contributed by atoms with Crippen molar-refractivity contribution in [2.45, 2.75) is 25.5 Å². The van der Waals surface area contributed by atoms with Crippen molar-refractivity contribution in [2.24, 2.45) is 0 Å². The van der Waals surface area contributed by atoms with Gasteiger partial charge >= 0.3 is 5.97 Å². The van der Waals surface area contributed by atoms with Crippen LogP contribution in [0.5, 0.6) is 0 Å². The topological polar surface area (TPSA) is 38.8 Å². The van der Waals surface area contributed by atoms with Crippen LogP contribution in [0.1, 0.15) is 25.0 Å². The summed E-state index contributed by atoms with van der Waals surface area (Å²) >= 11 is 0. The van der Waals surface area contributed by atoms with Crippen LogP contribution in [0.15, 0.2) is 60.7 Å². The molecule has 2 aromatic carbocycles. The van der Waals surface area contributed by atoms with E-state index >= 15 is 0 Å². The molecule has 25 heavy (non-hydrogen) atoms. The van der Waals surface area contributed by atoms with Crippen LogP contribution in [0.25, 0.3) is 0 Å². The Kier molecular flexibility index (Phi) is 6.73. The Morgan fingerprint density at radius 1 is 1.00 bits per heavy atom. The second-order valence-corrected chi connectivity index (χ2v) is 6.33. The van der Waals surface area contributed by atoms with Gasteiger partial charge in [0.05, 0.1) is 0 Å². The van der Waals surface area contributed by atoms with E-state index in [9.17, 15) is 4.79 Å². The van der Waals surface area contributed by atoms with Crippen molar-refractivity contribution in [1.29, 1.82) is 0 Å². The minimum absolute atomic E-state index is 0.318. The number of likely N-dealkylation sites (N-methyl/N-ethyl adjacent to an activating group) is 1. The highest BCUT2D eigenvalue weighted by atomic mass is 16.6. The lowest BCUT2D eigenvalue weighted by atomic mass is 9.86. The predicted molar refractivity (Wildman–Crippen MR) is 99.4 cm³/mol. The van der Waals surface area contributed by atoms with Crippen LogP contribution >= 0.6 is 0 Å². The van der Waals surface area contributed by atoms with E-state index in [1.807, 2.05) is 67.7 Å². The molecule has 0 aromatic heterocycles. The number of carbonyl (C=O) groups is 1. The minimum Gasteiger partial charge on any atom is -0.462 e. The van der Waals surface area contributed by atoms with E-state index in [-0.39, 0.29) is 0 Å². The highest BCUT2D eigenvalue weighted by Crippen LogP contribution is 2.34. The lowest BCUT2D eigenvalue weighted by Gasteiger charge is -2.31. The number of ether oxygens (including phenoxy) is 2. The van der Waals surface area contributed by atoms with Crippen LogP contribution in [-0.2, 0) is 19.9 Å². The Hall–Kier alpha value is -2.17. The Morgan fingerprint density at radius 2 is 1.48 bits per heavy atom. The first-order valence-electron chi connectivity index (χ1n) is 8.56. The lowest BCUT2D eigenvalue weighted by Crippen LogP contribution is -2.42. The number of carbonyl (C=O) groups excluding carboxylic acids is 1. The van der Waals surface area contributed by atoms with Crippen molar-refractivity contribution in [1.82, 2.24) is 4.90 Å². The first-order chi connectivity index (χ1) is 12.0. The number of hydrogen-bond donors (Lipinski definition) is 0. The zero-order valence-electron chi connectivity index (χ0n) is 15.4. The highest BCUT2D eigenvalue weighted by Gasteiger charge is 2.44. The second-order valence-electron chi connectivity index (χ2n) is 6.33. The Morgan fingerprint density at radius 3 is 1.88 bits per heavy atom. The maximum Gasteiger partial charge on any atom is 0.347 e. The zero-order chi connectivity index (χ0) is 18.3. The van der Waals surface area contributed by atoms with Gasteiger partial charge in [0, 0.05) is 19.7 Å². The average molecular weight is 341 g/mol. The normalized spacial score (nSPS) is 11.8. The lowest BCUT2D eigenvalue weighted by molar-refractivity contribution is -0.165. The van der Waals surface area contributed by atoms with Crippen molar-refractivity contribution in [3.63, 3.8) is 0 Å². The summed E-state index contributed by atoms with van der Waals surface area (Å²) in [7, 11) is 3.55. The third-order valence-electron chi connectivity index (χ3n) is 4.51. The molecule has 0 atom stereocenters. The molecule has 2 aromatic rings. The van der Waals surface area contributed by atoms with Crippen LogP contribution < -0.4 is 0 Å². The molecule has 4 nitrogen and oxygen atoms in total. The summed E-state index contributed by atoms with van der Waals surface area (Å²) in [5.41, 5.74) is 0.246. The van der Waals surface area contributed by atoms with E-state index in [2.05, 4.69) is 18.7 Å². The molecule has 0 aliphatic heterocycles. The number of esters is 1. The first-order valence-corrected chi connectivity index (χ1v) is 8.56. The van der Waals surface area contributed by atoms with Gasteiger partial charge in [-0.15, -0.1) is 0 Å². The second kappa shape index (κ2) is 8.79. The van der Waals surface area contributed by atoms with Crippen LogP contribution in [-0.4, -0.2) is 44.2 Å². The van der Waals surface area contributed by atoms with E-state index in [1.165, 1.54) is 0 Å². The van der Waals surface area contributed by atoms with Gasteiger partial charge < -0.3 is 14.4 Å². The van der Waals surface area contributed by atoms with Gasteiger partial charge in [-0.1, -0.05) is 60.7 Å². The fourth-order valence-corrected chi connectivity index (χ4v) is 2.71. The summed E-state index contributed by atoms with van der Waals surface area (Å²) < 4.78 is 11.4. The molecule has 0 aliphatic carbocycles. The number of hydrogen-bond acceptors (Lipinski definition) is 4. The summed E-state index contributed by atoms with van der Waals surface area (Å²) in [5.74, 6) is -0.399. The van der Waals surface area contributed by atoms with Crippen molar-refractivity contribution < 1.29 is 14.3 Å². The molecular formula is C21H27NO3. The zero-order valence-corrected chi connectivity index (χ0v) is 15.4. The fraction of sp³-hybridized carbons (Fsp3) is 0.381. The molecule has 0 saturated carbocycles. The molecule has 0 radical (unpaired) electrons. The van der Waals surface area contributed by atoms with Crippen molar-refractivity contribution in [2.75, 3.05) is 27.3 Å². The molecule has 0 unspecified atom stereocenters. The quantitative estimate of drug-likeness (QED) is 0.689. The van der Waals surface area contributed by atoms with Gasteiger partial charge in [0.15, 0.2) is 0 Å². The van der Waals surface area contributed by atoms with E-state index < -0.39 is 11.6 Å². The highest BCUT2D eigenvalue weighted by molar-refractivity contribution is 5.85. The Bertz CT molecular complexity index is 616. The maximum atomic E-state index is 13.1. The smallest absolute Gasteiger partial charge is 0.347 e. The first kappa shape index (κ1) is 19.2. The van der Waals surface area contributed by atoms with E-state index in [0.717, 1.165) is 11.1 Å². The molecule has 0 saturated heterocycles. The molecule has 0 bridgehead atoms. The molecule has 0 spiro atoms. The van der Waals surface area contributed by atoms with Crippen LogP contribution in [0.4, 0.5) is 0 Å². The van der Waals surface area contributed by atoms with Crippen molar-refractivity contribution in [3.8, 4) is 0 Å². The molecule has 0 N–H and O–H groups in total. The molecule has 0 heterocycles. The van der Waals surface area contributed by atoms with E-state index in [1.54, 1.807) is 7.11 Å². The van der Waals surface area contributed by atoms with Gasteiger partial charge in [-0.25, -0.2) is 4.79 Å². The molecule has 2 rings (SSSR count). The van der Waals surface area contributed by atoms with Crippen LogP contribution in [0, 0.1) is 0 Å². The van der Waals surface area contributed by atoms with Crippen molar-refractivity contribution in [3.05, 3.63) is 71.8 Å². The number of benzene rings is 2. The standard InChI is InChI=1S/C21H27NO3/c1-17(2)22(3)15-16-25-20(23)21(24-4,18-11-7-5-8-12-18)19-13-9-6-10-14-19/h5-14,17H,15-16H2,1-4H3. The molecule has 134 valence electrons. The summed E-state index contributed by atoms with van der Waals surface area (Å²) in [6.45, 7) is 5.20. The van der Waals surface area contributed by atoms with Gasteiger partial charge in [0.25, 0.3) is 0 Å². The Labute approximate surface area is 150 Å². The fourth-order valence-electron chi connectivity index (χ4n) is 2.71. The predicted octanol–water partition coefficient (Wildman–Crippen LogP) is 3.46. The van der Waals surface area contributed by atoms with Crippen LogP contribution in [0.2, 0.25) is 0 Å². The Balaban J connectivity index is 2.30. The number of nitrogens with zero attached hydrogens (tertiary/aromatic N) is 1. The third kappa shape index (κ3) is 4.27. The monoisotopic (exact) mass is 341 g/mol. The average Bonchev–Trinajstić information content (AvgIpc) is 2.64. The molecular weight excluding hydrogens is 314 g/mol. The summed E-state index contributed by atoms with van der Waals surface area (Å²) in [6.07, 6.45) is 0. The van der Waals surface area contributed by atoms with Gasteiger partial charge in [0.2, 0.25) is 5.60 Å². The minimum atomic E-state index is -1.26. The largest absolute Gasteiger partial charge is 0.462 e. The summed E-state index contributed by atoms with van der Waals surface area (Å²) in [6, 6.07) is 19.4. The maximum absolute atomic E-state index is 13.1. The SMILES string of the molecule is COC(C(=O)OCCN(C)C(C)C)(c1ccccc1)c1ccccc1. The molecule has 0 fully saturated rings. The van der Waals surface area contributed by atoms with E-state index in [0.29, 0.717) is 19.2 Å². The van der Waals surface area contributed by atoms with Gasteiger partial charge in [0.1, 0.15) is 6.61 Å². The number of methoxy groups -OCH3 is 1. The van der Waals surface area contributed by atoms with Gasteiger partial charge in [-0.05, 0) is 32.0 Å². The third-order valence-corrected chi connectivity index (χ3v) is 4.51. The summed E-state index contributed by atoms with van der Waals surface area (Å²) in [5, 5.41) is 0. The van der Waals surface area contributed by atoms with E-state index in [4.69, 9.17) is 9.47 Å². The number of rotatable bonds is 8. The molecule has 0 amide bonds. The summed E-state index contributed by atoms with van der Waals surface area (Å²) in [4.78, 5) is 15.2. The molecule has 4 heteroatoms. The van der Waals surface area contributed by atoms with Crippen molar-refractivity contribution >= 4 is 5.97 Å². The molecule has 0 aliphatic rings. The van der Waals surface area contributed by atoms with Crippen LogP contribution in [0.3, 0.4) is 0 Å².